The average molecular weight is 289 g/mol. The van der Waals surface area contributed by atoms with Crippen LogP contribution in [0.15, 0.2) is 18.2 Å². The van der Waals surface area contributed by atoms with E-state index >= 15 is 0 Å². The fourth-order valence-corrected chi connectivity index (χ4v) is 3.38. The summed E-state index contributed by atoms with van der Waals surface area (Å²) in [5.74, 6) is 1.35. The molecule has 2 rings (SSSR count). The van der Waals surface area contributed by atoms with Gasteiger partial charge in [0.1, 0.15) is 11.3 Å². The highest BCUT2D eigenvalue weighted by Crippen LogP contribution is 2.38. The van der Waals surface area contributed by atoms with Crippen molar-refractivity contribution in [3.63, 3.8) is 0 Å². The molecule has 0 fully saturated rings. The number of nitrogens with two attached hydrogens (primary N) is 1. The summed E-state index contributed by atoms with van der Waals surface area (Å²) in [5, 5.41) is 0. The van der Waals surface area contributed by atoms with E-state index in [-0.39, 0.29) is 11.0 Å². The normalized spacial score (nSPS) is 12.9. The number of hydrogen-bond donors (Lipinski definition) is 1. The highest BCUT2D eigenvalue weighted by Gasteiger charge is 2.30. The lowest BCUT2D eigenvalue weighted by Gasteiger charge is -2.34. The maximum atomic E-state index is 6.22. The van der Waals surface area contributed by atoms with Crippen molar-refractivity contribution < 1.29 is 4.74 Å². The second kappa shape index (κ2) is 5.24. The first-order chi connectivity index (χ1) is 9.65. The number of imidazole rings is 1. The molecule has 4 heteroatoms. The molecule has 0 saturated carbocycles. The molecule has 0 amide bonds. The quantitative estimate of drug-likeness (QED) is 0.918. The third-order valence-electron chi connectivity index (χ3n) is 3.54. The number of aromatic nitrogens is 2. The molecular weight excluding hydrogens is 262 g/mol. The third kappa shape index (κ3) is 3.14. The monoisotopic (exact) mass is 289 g/mol. The van der Waals surface area contributed by atoms with Gasteiger partial charge in [0, 0.05) is 5.54 Å². The van der Waals surface area contributed by atoms with Crippen molar-refractivity contribution in [1.82, 2.24) is 9.55 Å². The molecule has 0 aliphatic rings. The van der Waals surface area contributed by atoms with Crippen LogP contribution >= 0.6 is 0 Å². The summed E-state index contributed by atoms with van der Waals surface area (Å²) in [6.07, 6.45) is 1.01. The second-order valence-electron chi connectivity index (χ2n) is 7.41. The summed E-state index contributed by atoms with van der Waals surface area (Å²) >= 11 is 0. The number of nitrogens with zero attached hydrogens (tertiary/aromatic N) is 2. The molecule has 2 N–H and O–H groups in total. The van der Waals surface area contributed by atoms with E-state index in [2.05, 4.69) is 50.2 Å². The molecule has 0 saturated heterocycles. The Morgan fingerprint density at radius 1 is 1.19 bits per heavy atom. The van der Waals surface area contributed by atoms with Crippen molar-refractivity contribution in [2.24, 2.45) is 5.41 Å². The molecule has 0 aliphatic carbocycles. The Morgan fingerprint density at radius 2 is 1.86 bits per heavy atom. The maximum absolute atomic E-state index is 6.22. The van der Waals surface area contributed by atoms with Crippen LogP contribution in [0.25, 0.3) is 11.0 Å². The first-order valence-corrected chi connectivity index (χ1v) is 7.56. The Hall–Kier alpha value is -1.71. The van der Waals surface area contributed by atoms with Crippen LogP contribution < -0.4 is 10.5 Å². The SMILES string of the molecule is CCOc1cccc2c1nc(N)n2C(C)(C)CC(C)(C)C. The Bertz CT molecular complexity index is 635. The van der Waals surface area contributed by atoms with Crippen molar-refractivity contribution in [3.05, 3.63) is 18.2 Å². The van der Waals surface area contributed by atoms with Gasteiger partial charge in [0.15, 0.2) is 0 Å². The Balaban J connectivity index is 2.59. The number of para-hydroxylation sites is 1. The fraction of sp³-hybridized carbons (Fsp3) is 0.588. The number of benzene rings is 1. The summed E-state index contributed by atoms with van der Waals surface area (Å²) in [4.78, 5) is 4.54. The molecule has 1 aromatic carbocycles. The van der Waals surface area contributed by atoms with Gasteiger partial charge < -0.3 is 15.0 Å². The fourth-order valence-electron chi connectivity index (χ4n) is 3.38. The zero-order valence-corrected chi connectivity index (χ0v) is 14.0. The molecule has 0 spiro atoms. The van der Waals surface area contributed by atoms with Gasteiger partial charge in [-0.3, -0.25) is 0 Å². The summed E-state index contributed by atoms with van der Waals surface area (Å²) in [5.41, 5.74) is 8.20. The molecule has 1 aromatic heterocycles. The van der Waals surface area contributed by atoms with Crippen molar-refractivity contribution in [2.45, 2.75) is 53.5 Å². The minimum atomic E-state index is -0.109. The minimum absolute atomic E-state index is 0.109. The lowest BCUT2D eigenvalue weighted by Crippen LogP contribution is -2.32. The molecule has 0 radical (unpaired) electrons. The zero-order valence-electron chi connectivity index (χ0n) is 14.0. The lowest BCUT2D eigenvalue weighted by molar-refractivity contribution is 0.222. The Kier molecular flexibility index (Phi) is 3.91. The van der Waals surface area contributed by atoms with E-state index in [1.165, 1.54) is 0 Å². The first kappa shape index (κ1) is 15.7. The van der Waals surface area contributed by atoms with Crippen LogP contribution in [-0.2, 0) is 5.54 Å². The van der Waals surface area contributed by atoms with Gasteiger partial charge in [-0.1, -0.05) is 26.8 Å². The number of anilines is 1. The zero-order chi connectivity index (χ0) is 15.8. The van der Waals surface area contributed by atoms with Gasteiger partial charge in [-0.25, -0.2) is 4.98 Å². The van der Waals surface area contributed by atoms with Crippen LogP contribution in [0.5, 0.6) is 5.75 Å². The Labute approximate surface area is 127 Å². The van der Waals surface area contributed by atoms with Crippen molar-refractivity contribution in [2.75, 3.05) is 12.3 Å². The summed E-state index contributed by atoms with van der Waals surface area (Å²) in [6, 6.07) is 6.00. The summed E-state index contributed by atoms with van der Waals surface area (Å²) < 4.78 is 7.80. The molecular formula is C17H27N3O. The lowest BCUT2D eigenvalue weighted by atomic mass is 9.81. The summed E-state index contributed by atoms with van der Waals surface area (Å²) in [6.45, 7) is 13.8. The van der Waals surface area contributed by atoms with E-state index in [1.807, 2.05) is 19.1 Å². The largest absolute Gasteiger partial charge is 0.492 e. The Morgan fingerprint density at radius 3 is 2.43 bits per heavy atom. The van der Waals surface area contributed by atoms with Gasteiger partial charge in [-0.15, -0.1) is 0 Å². The molecule has 21 heavy (non-hydrogen) atoms. The van der Waals surface area contributed by atoms with Crippen LogP contribution in [-0.4, -0.2) is 16.2 Å². The van der Waals surface area contributed by atoms with E-state index in [0.717, 1.165) is 23.2 Å². The topological polar surface area (TPSA) is 53.1 Å². The smallest absolute Gasteiger partial charge is 0.201 e. The molecule has 0 unspecified atom stereocenters. The number of hydrogen-bond acceptors (Lipinski definition) is 3. The average Bonchev–Trinajstić information content (AvgIpc) is 2.64. The number of fused-ring (bicyclic) bond motifs is 1. The highest BCUT2D eigenvalue weighted by atomic mass is 16.5. The van der Waals surface area contributed by atoms with Crippen LogP contribution in [0.2, 0.25) is 0 Å². The number of nitrogen functional groups attached to an aromatic ring is 1. The predicted octanol–water partition coefficient (Wildman–Crippen LogP) is 4.19. The van der Waals surface area contributed by atoms with Crippen LogP contribution in [0.4, 0.5) is 5.95 Å². The third-order valence-corrected chi connectivity index (χ3v) is 3.54. The molecule has 2 aromatic rings. The molecule has 0 aliphatic heterocycles. The molecule has 4 nitrogen and oxygen atoms in total. The number of ether oxygens (including phenoxy) is 1. The van der Waals surface area contributed by atoms with Gasteiger partial charge in [-0.2, -0.15) is 0 Å². The van der Waals surface area contributed by atoms with Crippen LogP contribution in [0, 0.1) is 5.41 Å². The molecule has 1 heterocycles. The first-order valence-electron chi connectivity index (χ1n) is 7.56. The minimum Gasteiger partial charge on any atom is -0.492 e. The second-order valence-corrected chi connectivity index (χ2v) is 7.41. The van der Waals surface area contributed by atoms with Gasteiger partial charge in [0.25, 0.3) is 0 Å². The van der Waals surface area contributed by atoms with E-state index < -0.39 is 0 Å². The van der Waals surface area contributed by atoms with E-state index in [4.69, 9.17) is 10.5 Å². The standard InChI is InChI=1S/C17H27N3O/c1-7-21-13-10-8-9-12-14(13)19-15(18)20(12)17(5,6)11-16(2,3)4/h8-10H,7,11H2,1-6H3,(H2,18,19). The van der Waals surface area contributed by atoms with Crippen molar-refractivity contribution >= 4 is 17.0 Å². The number of rotatable bonds is 4. The highest BCUT2D eigenvalue weighted by molar-refractivity contribution is 5.84. The molecule has 0 atom stereocenters. The van der Waals surface area contributed by atoms with Gasteiger partial charge in [0.05, 0.1) is 12.1 Å². The van der Waals surface area contributed by atoms with Crippen molar-refractivity contribution in [3.8, 4) is 5.75 Å². The van der Waals surface area contributed by atoms with Gasteiger partial charge in [-0.05, 0) is 44.7 Å². The molecule has 116 valence electrons. The van der Waals surface area contributed by atoms with Gasteiger partial charge in [0.2, 0.25) is 5.95 Å². The van der Waals surface area contributed by atoms with E-state index in [9.17, 15) is 0 Å². The van der Waals surface area contributed by atoms with Gasteiger partial charge >= 0.3 is 0 Å². The van der Waals surface area contributed by atoms with Crippen LogP contribution in [0.1, 0.15) is 48.0 Å². The van der Waals surface area contributed by atoms with E-state index in [1.54, 1.807) is 0 Å². The van der Waals surface area contributed by atoms with E-state index in [0.29, 0.717) is 12.6 Å². The maximum Gasteiger partial charge on any atom is 0.201 e. The summed E-state index contributed by atoms with van der Waals surface area (Å²) in [7, 11) is 0. The van der Waals surface area contributed by atoms with Crippen LogP contribution in [0.3, 0.4) is 0 Å². The predicted molar refractivity (Wildman–Crippen MR) is 88.7 cm³/mol. The van der Waals surface area contributed by atoms with Crippen molar-refractivity contribution in [1.29, 1.82) is 0 Å². The molecule has 0 bridgehead atoms.